The third-order valence-electron chi connectivity index (χ3n) is 4.62. The van der Waals surface area contributed by atoms with Crippen molar-refractivity contribution in [3.8, 4) is 0 Å². The van der Waals surface area contributed by atoms with Crippen molar-refractivity contribution in [3.63, 3.8) is 0 Å². The van der Waals surface area contributed by atoms with Gasteiger partial charge in [0.15, 0.2) is 0 Å². The first-order valence-electron chi connectivity index (χ1n) is 10.1. The first-order chi connectivity index (χ1) is 14.6. The highest BCUT2D eigenvalue weighted by atomic mass is 35.5. The van der Waals surface area contributed by atoms with Crippen LogP contribution in [0, 0.1) is 0 Å². The van der Waals surface area contributed by atoms with Gasteiger partial charge < -0.3 is 9.21 Å². The van der Waals surface area contributed by atoms with E-state index in [0.29, 0.717) is 18.8 Å². The second-order valence-electron chi connectivity index (χ2n) is 6.85. The van der Waals surface area contributed by atoms with Crippen LogP contribution in [0.25, 0.3) is 0 Å². The van der Waals surface area contributed by atoms with Crippen LogP contribution >= 0.6 is 23.5 Å². The molecule has 0 saturated carbocycles. The van der Waals surface area contributed by atoms with Crippen molar-refractivity contribution < 1.29 is 4.79 Å². The zero-order valence-electron chi connectivity index (χ0n) is 17.3. The quantitative estimate of drug-likeness (QED) is 0.365. The predicted octanol–water partition coefficient (Wildman–Crippen LogP) is 6.32. The molecular formula is C24H26ClN3OS. The van der Waals surface area contributed by atoms with E-state index < -0.39 is 0 Å². The summed E-state index contributed by atoms with van der Waals surface area (Å²) in [4.78, 5) is 20.1. The normalized spacial score (nSPS) is 10.6. The average molecular weight is 440 g/mol. The van der Waals surface area contributed by atoms with Crippen LogP contribution in [0.5, 0.6) is 0 Å². The number of amides is 1. The minimum absolute atomic E-state index is 0.0223. The Balaban J connectivity index is 1.83. The van der Waals surface area contributed by atoms with Crippen molar-refractivity contribution in [2.75, 3.05) is 17.4 Å². The molecule has 0 aliphatic heterocycles. The van der Waals surface area contributed by atoms with Crippen molar-refractivity contribution in [3.05, 3.63) is 89.2 Å². The van der Waals surface area contributed by atoms with E-state index in [1.165, 1.54) is 0 Å². The number of carbonyl (C=O) groups is 1. The smallest absolute Gasteiger partial charge is 0.272 e. The maximum atomic E-state index is 12.7. The third-order valence-corrected chi connectivity index (χ3v) is 5.91. The molecule has 3 aromatic rings. The van der Waals surface area contributed by atoms with Crippen LogP contribution in [0.1, 0.15) is 36.3 Å². The van der Waals surface area contributed by atoms with E-state index in [2.05, 4.69) is 28.3 Å². The van der Waals surface area contributed by atoms with Crippen molar-refractivity contribution >= 4 is 35.1 Å². The number of anilines is 1. The van der Waals surface area contributed by atoms with Gasteiger partial charge in [-0.1, -0.05) is 48.9 Å². The standard InChI is InChI=1S/C24H26ClN3OS/c1-3-16-27(4-2)24(29)23-15-14-21(17-26-23)28(30-22-8-6-5-7-9-22)18-19-10-12-20(25)13-11-19/h5-15,17H,3-4,16,18H2,1-2H3. The zero-order valence-corrected chi connectivity index (χ0v) is 18.9. The molecule has 4 nitrogen and oxygen atoms in total. The molecule has 0 aliphatic carbocycles. The van der Waals surface area contributed by atoms with Crippen LogP contribution in [0.2, 0.25) is 5.02 Å². The Labute approximate surface area is 188 Å². The Morgan fingerprint density at radius 3 is 2.33 bits per heavy atom. The number of carbonyl (C=O) groups excluding carboxylic acids is 1. The van der Waals surface area contributed by atoms with Crippen LogP contribution in [0.15, 0.2) is 77.8 Å². The van der Waals surface area contributed by atoms with Crippen molar-refractivity contribution in [1.29, 1.82) is 0 Å². The van der Waals surface area contributed by atoms with Crippen LogP contribution in [-0.4, -0.2) is 28.9 Å². The maximum Gasteiger partial charge on any atom is 0.272 e. The molecule has 0 N–H and O–H groups in total. The fraction of sp³-hybridized carbons (Fsp3) is 0.250. The largest absolute Gasteiger partial charge is 0.338 e. The molecular weight excluding hydrogens is 414 g/mol. The summed E-state index contributed by atoms with van der Waals surface area (Å²) in [7, 11) is 0. The first-order valence-corrected chi connectivity index (χ1v) is 11.3. The molecule has 1 aromatic heterocycles. The number of nitrogens with zero attached hydrogens (tertiary/aromatic N) is 3. The fourth-order valence-corrected chi connectivity index (χ4v) is 4.12. The second-order valence-corrected chi connectivity index (χ2v) is 8.39. The van der Waals surface area contributed by atoms with Gasteiger partial charge in [-0.25, -0.2) is 4.98 Å². The van der Waals surface area contributed by atoms with E-state index in [9.17, 15) is 4.79 Å². The maximum absolute atomic E-state index is 12.7. The van der Waals surface area contributed by atoms with Gasteiger partial charge in [0.1, 0.15) is 5.69 Å². The number of halogens is 1. The summed E-state index contributed by atoms with van der Waals surface area (Å²) in [6, 6.07) is 21.8. The SMILES string of the molecule is CCCN(CC)C(=O)c1ccc(N(Cc2ccc(Cl)cc2)Sc2ccccc2)cn1. The first kappa shape index (κ1) is 22.2. The van der Waals surface area contributed by atoms with Crippen LogP contribution in [-0.2, 0) is 6.54 Å². The van der Waals surface area contributed by atoms with Crippen LogP contribution in [0.3, 0.4) is 0 Å². The Morgan fingerprint density at radius 2 is 1.73 bits per heavy atom. The lowest BCUT2D eigenvalue weighted by Crippen LogP contribution is -2.32. The zero-order chi connectivity index (χ0) is 21.3. The van der Waals surface area contributed by atoms with Crippen LogP contribution < -0.4 is 4.31 Å². The number of hydrogen-bond acceptors (Lipinski definition) is 4. The van der Waals surface area contributed by atoms with Gasteiger partial charge in [-0.15, -0.1) is 0 Å². The monoisotopic (exact) mass is 439 g/mol. The fourth-order valence-electron chi connectivity index (χ4n) is 3.04. The predicted molar refractivity (Wildman–Crippen MR) is 126 cm³/mol. The lowest BCUT2D eigenvalue weighted by molar-refractivity contribution is 0.0758. The Bertz CT molecular complexity index is 933. The number of pyridine rings is 1. The number of aromatic nitrogens is 1. The highest BCUT2D eigenvalue weighted by Crippen LogP contribution is 2.30. The van der Waals surface area contributed by atoms with Gasteiger partial charge in [0.25, 0.3) is 5.91 Å². The summed E-state index contributed by atoms with van der Waals surface area (Å²) in [5.41, 5.74) is 2.56. The van der Waals surface area contributed by atoms with E-state index in [1.54, 1.807) is 18.1 Å². The summed E-state index contributed by atoms with van der Waals surface area (Å²) in [5.74, 6) is -0.0223. The molecule has 0 saturated heterocycles. The van der Waals surface area contributed by atoms with E-state index in [4.69, 9.17) is 11.6 Å². The number of rotatable bonds is 9. The van der Waals surface area contributed by atoms with Crippen molar-refractivity contribution in [2.24, 2.45) is 0 Å². The molecule has 0 spiro atoms. The Morgan fingerprint density at radius 1 is 1.00 bits per heavy atom. The molecule has 156 valence electrons. The van der Waals surface area contributed by atoms with Crippen LogP contribution in [0.4, 0.5) is 5.69 Å². The summed E-state index contributed by atoms with van der Waals surface area (Å²) >= 11 is 7.68. The Kier molecular flexibility index (Phi) is 8.17. The van der Waals surface area contributed by atoms with E-state index >= 15 is 0 Å². The molecule has 0 aliphatic rings. The molecule has 6 heteroatoms. The van der Waals surface area contributed by atoms with E-state index in [0.717, 1.165) is 34.1 Å². The van der Waals surface area contributed by atoms with Gasteiger partial charge in [0, 0.05) is 23.0 Å². The molecule has 1 amide bonds. The van der Waals surface area contributed by atoms with Gasteiger partial charge in [0.05, 0.1) is 18.4 Å². The van der Waals surface area contributed by atoms with Gasteiger partial charge in [-0.05, 0) is 67.3 Å². The summed E-state index contributed by atoms with van der Waals surface area (Å²) in [6.07, 6.45) is 2.71. The molecule has 1 heterocycles. The van der Waals surface area contributed by atoms with Gasteiger partial charge in [-0.3, -0.25) is 4.79 Å². The summed E-state index contributed by atoms with van der Waals surface area (Å²) in [6.45, 7) is 6.17. The Hall–Kier alpha value is -2.50. The minimum atomic E-state index is -0.0223. The average Bonchev–Trinajstić information content (AvgIpc) is 2.79. The number of benzene rings is 2. The molecule has 3 rings (SSSR count). The molecule has 0 atom stereocenters. The van der Waals surface area contributed by atoms with Gasteiger partial charge >= 0.3 is 0 Å². The molecule has 2 aromatic carbocycles. The minimum Gasteiger partial charge on any atom is -0.338 e. The van der Waals surface area contributed by atoms with E-state index in [-0.39, 0.29) is 5.91 Å². The van der Waals surface area contributed by atoms with E-state index in [1.807, 2.05) is 66.4 Å². The molecule has 30 heavy (non-hydrogen) atoms. The second kappa shape index (κ2) is 11.0. The number of hydrogen-bond donors (Lipinski definition) is 0. The molecule has 0 bridgehead atoms. The third kappa shape index (κ3) is 6.00. The molecule has 0 fully saturated rings. The summed E-state index contributed by atoms with van der Waals surface area (Å²) < 4.78 is 2.17. The van der Waals surface area contributed by atoms with Crippen molar-refractivity contribution in [2.45, 2.75) is 31.7 Å². The molecule has 0 radical (unpaired) electrons. The highest BCUT2D eigenvalue weighted by Gasteiger charge is 2.16. The lowest BCUT2D eigenvalue weighted by atomic mass is 10.2. The summed E-state index contributed by atoms with van der Waals surface area (Å²) in [5, 5.41) is 0.720. The van der Waals surface area contributed by atoms with Crippen molar-refractivity contribution in [1.82, 2.24) is 9.88 Å². The molecule has 0 unspecified atom stereocenters. The topological polar surface area (TPSA) is 36.4 Å². The van der Waals surface area contributed by atoms with Gasteiger partial charge in [-0.2, -0.15) is 0 Å². The highest BCUT2D eigenvalue weighted by molar-refractivity contribution is 8.00. The van der Waals surface area contributed by atoms with Gasteiger partial charge in [0.2, 0.25) is 0 Å². The lowest BCUT2D eigenvalue weighted by Gasteiger charge is -2.24.